The number of piperazine rings is 1. The fourth-order valence-electron chi connectivity index (χ4n) is 2.52. The number of rotatable bonds is 3. The Morgan fingerprint density at radius 3 is 2.35 bits per heavy atom. The van der Waals surface area contributed by atoms with Crippen LogP contribution in [0.15, 0.2) is 29.1 Å². The van der Waals surface area contributed by atoms with Gasteiger partial charge in [0.05, 0.1) is 0 Å². The van der Waals surface area contributed by atoms with Gasteiger partial charge in [-0.1, -0.05) is 0 Å². The molecule has 2 aromatic rings. The quantitative estimate of drug-likeness (QED) is 0.839. The third kappa shape index (κ3) is 3.42. The summed E-state index contributed by atoms with van der Waals surface area (Å²) in [6, 6.07) is 7.68. The second-order valence-corrected chi connectivity index (χ2v) is 5.69. The number of anilines is 2. The summed E-state index contributed by atoms with van der Waals surface area (Å²) in [5, 5.41) is 6.55. The number of hydrogen-bond donors (Lipinski definition) is 2. The molecule has 8 nitrogen and oxygen atoms in total. The number of nitrogens with zero attached hydrogens (tertiary/aromatic N) is 4. The van der Waals surface area contributed by atoms with E-state index in [1.165, 1.54) is 7.05 Å². The molecule has 23 heavy (non-hydrogen) atoms. The number of aromatic amines is 1. The summed E-state index contributed by atoms with van der Waals surface area (Å²) < 4.78 is 1.09. The van der Waals surface area contributed by atoms with Gasteiger partial charge in [0.2, 0.25) is 5.82 Å². The zero-order valence-corrected chi connectivity index (χ0v) is 13.2. The van der Waals surface area contributed by atoms with Crippen LogP contribution in [-0.4, -0.2) is 58.8 Å². The van der Waals surface area contributed by atoms with Gasteiger partial charge in [-0.25, -0.2) is 9.48 Å². The third-order valence-corrected chi connectivity index (χ3v) is 3.98. The third-order valence-electron chi connectivity index (χ3n) is 3.98. The van der Waals surface area contributed by atoms with Crippen molar-refractivity contribution in [2.45, 2.75) is 0 Å². The number of carbonyl (C=O) groups is 1. The van der Waals surface area contributed by atoms with Crippen LogP contribution < -0.4 is 15.9 Å². The number of aromatic nitrogens is 3. The molecule has 2 N–H and O–H groups in total. The molecule has 0 aliphatic carbocycles. The largest absolute Gasteiger partial charge is 0.369 e. The molecule has 1 fully saturated rings. The summed E-state index contributed by atoms with van der Waals surface area (Å²) in [5.74, 6) is -0.435. The van der Waals surface area contributed by atoms with Crippen LogP contribution in [0.4, 0.5) is 11.4 Å². The molecule has 0 atom stereocenters. The van der Waals surface area contributed by atoms with E-state index in [-0.39, 0.29) is 5.82 Å². The molecule has 1 aliphatic heterocycles. The van der Waals surface area contributed by atoms with Gasteiger partial charge in [-0.05, 0) is 31.3 Å². The van der Waals surface area contributed by atoms with Gasteiger partial charge in [-0.3, -0.25) is 9.78 Å². The predicted octanol–water partition coefficient (Wildman–Crippen LogP) is 0.113. The molecule has 0 saturated carbocycles. The maximum Gasteiger partial charge on any atom is 0.343 e. The summed E-state index contributed by atoms with van der Waals surface area (Å²) in [5.41, 5.74) is 1.39. The van der Waals surface area contributed by atoms with Gasteiger partial charge in [0.1, 0.15) is 0 Å². The first-order valence-electron chi connectivity index (χ1n) is 7.51. The fourth-order valence-corrected chi connectivity index (χ4v) is 2.52. The molecule has 1 aromatic heterocycles. The Bertz CT molecular complexity index is 740. The molecule has 122 valence electrons. The Morgan fingerprint density at radius 1 is 1.13 bits per heavy atom. The SMILES string of the molecule is CN1CCN(c2ccc(NC(=O)c3nn(C)c(=O)[nH]3)cc2)CC1. The summed E-state index contributed by atoms with van der Waals surface area (Å²) in [6.07, 6.45) is 0. The smallest absolute Gasteiger partial charge is 0.343 e. The van der Waals surface area contributed by atoms with E-state index in [0.29, 0.717) is 5.69 Å². The zero-order valence-electron chi connectivity index (χ0n) is 13.2. The van der Waals surface area contributed by atoms with E-state index in [9.17, 15) is 9.59 Å². The van der Waals surface area contributed by atoms with Gasteiger partial charge in [0.15, 0.2) is 0 Å². The predicted molar refractivity (Wildman–Crippen MR) is 87.9 cm³/mol. The van der Waals surface area contributed by atoms with Crippen molar-refractivity contribution < 1.29 is 4.79 Å². The lowest BCUT2D eigenvalue weighted by Gasteiger charge is -2.34. The summed E-state index contributed by atoms with van der Waals surface area (Å²) in [7, 11) is 3.61. The number of nitrogens with one attached hydrogen (secondary N) is 2. The van der Waals surface area contributed by atoms with Crippen LogP contribution in [0.5, 0.6) is 0 Å². The first-order valence-corrected chi connectivity index (χ1v) is 7.51. The van der Waals surface area contributed by atoms with Gasteiger partial charge >= 0.3 is 5.69 Å². The van der Waals surface area contributed by atoms with E-state index in [1.807, 2.05) is 24.3 Å². The summed E-state index contributed by atoms with van der Waals surface area (Å²) in [6.45, 7) is 4.09. The molecule has 1 aliphatic rings. The molecule has 1 saturated heterocycles. The highest BCUT2D eigenvalue weighted by molar-refractivity contribution is 6.01. The molecule has 3 rings (SSSR count). The average Bonchev–Trinajstić information content (AvgIpc) is 2.88. The highest BCUT2D eigenvalue weighted by atomic mass is 16.2. The Labute approximate surface area is 133 Å². The Morgan fingerprint density at radius 2 is 1.78 bits per heavy atom. The molecule has 0 unspecified atom stereocenters. The first kappa shape index (κ1) is 15.3. The number of carbonyl (C=O) groups excluding carboxylic acids is 1. The lowest BCUT2D eigenvalue weighted by Crippen LogP contribution is -2.44. The fraction of sp³-hybridized carbons (Fsp3) is 0.400. The number of amides is 1. The minimum Gasteiger partial charge on any atom is -0.369 e. The zero-order chi connectivity index (χ0) is 16.4. The lowest BCUT2D eigenvalue weighted by atomic mass is 10.2. The van der Waals surface area contributed by atoms with Crippen LogP contribution in [0.2, 0.25) is 0 Å². The standard InChI is InChI=1S/C15H20N6O2/c1-19-7-9-21(10-8-19)12-5-3-11(4-6-12)16-14(22)13-17-15(23)20(2)18-13/h3-6H,7-10H2,1-2H3,(H,16,22)(H,17,18,23). The molecule has 1 amide bonds. The molecular formula is C15H20N6O2. The van der Waals surface area contributed by atoms with Crippen molar-refractivity contribution in [1.82, 2.24) is 19.7 Å². The second kappa shape index (κ2) is 6.25. The van der Waals surface area contributed by atoms with Crippen molar-refractivity contribution in [3.63, 3.8) is 0 Å². The van der Waals surface area contributed by atoms with Crippen molar-refractivity contribution in [2.75, 3.05) is 43.4 Å². The van der Waals surface area contributed by atoms with E-state index in [1.54, 1.807) is 0 Å². The Balaban J connectivity index is 1.65. The van der Waals surface area contributed by atoms with Crippen molar-refractivity contribution in [3.8, 4) is 0 Å². The number of benzene rings is 1. The maximum atomic E-state index is 12.0. The molecule has 1 aromatic carbocycles. The molecule has 0 spiro atoms. The minimum atomic E-state index is -0.435. The molecule has 2 heterocycles. The Hall–Kier alpha value is -2.61. The van der Waals surface area contributed by atoms with Gasteiger partial charge < -0.3 is 15.1 Å². The van der Waals surface area contributed by atoms with Gasteiger partial charge in [0, 0.05) is 44.6 Å². The van der Waals surface area contributed by atoms with Crippen LogP contribution >= 0.6 is 0 Å². The Kier molecular flexibility index (Phi) is 4.16. The van der Waals surface area contributed by atoms with E-state index >= 15 is 0 Å². The average molecular weight is 316 g/mol. The molecular weight excluding hydrogens is 296 g/mol. The lowest BCUT2D eigenvalue weighted by molar-refractivity contribution is 0.101. The highest BCUT2D eigenvalue weighted by Gasteiger charge is 2.15. The van der Waals surface area contributed by atoms with E-state index in [0.717, 1.165) is 36.5 Å². The molecule has 0 radical (unpaired) electrons. The summed E-state index contributed by atoms with van der Waals surface area (Å²) in [4.78, 5) is 30.4. The summed E-state index contributed by atoms with van der Waals surface area (Å²) >= 11 is 0. The van der Waals surface area contributed by atoms with Gasteiger partial charge in [-0.2, -0.15) is 0 Å². The maximum absolute atomic E-state index is 12.0. The number of hydrogen-bond acceptors (Lipinski definition) is 5. The highest BCUT2D eigenvalue weighted by Crippen LogP contribution is 2.19. The van der Waals surface area contributed by atoms with Gasteiger partial charge in [-0.15, -0.1) is 5.10 Å². The minimum absolute atomic E-state index is 0.000597. The van der Waals surface area contributed by atoms with Crippen LogP contribution in [0.1, 0.15) is 10.6 Å². The number of H-pyrrole nitrogens is 1. The number of aryl methyl sites for hydroxylation is 1. The van der Waals surface area contributed by atoms with E-state index < -0.39 is 11.6 Å². The second-order valence-electron chi connectivity index (χ2n) is 5.69. The normalized spacial score (nSPS) is 15.7. The molecule has 0 bridgehead atoms. The topological polar surface area (TPSA) is 86.3 Å². The van der Waals surface area contributed by atoms with Crippen molar-refractivity contribution in [1.29, 1.82) is 0 Å². The van der Waals surface area contributed by atoms with E-state index in [4.69, 9.17) is 0 Å². The van der Waals surface area contributed by atoms with Crippen LogP contribution in [0.3, 0.4) is 0 Å². The monoisotopic (exact) mass is 316 g/mol. The molecule has 8 heteroatoms. The van der Waals surface area contributed by atoms with Gasteiger partial charge in [0.25, 0.3) is 5.91 Å². The van der Waals surface area contributed by atoms with Crippen LogP contribution in [-0.2, 0) is 7.05 Å². The van der Waals surface area contributed by atoms with Crippen LogP contribution in [0.25, 0.3) is 0 Å². The van der Waals surface area contributed by atoms with Crippen molar-refractivity contribution in [2.24, 2.45) is 7.05 Å². The van der Waals surface area contributed by atoms with Crippen molar-refractivity contribution >= 4 is 17.3 Å². The number of likely N-dealkylation sites (N-methyl/N-ethyl adjacent to an activating group) is 1. The van der Waals surface area contributed by atoms with Crippen LogP contribution in [0, 0.1) is 0 Å². The van der Waals surface area contributed by atoms with Crippen molar-refractivity contribution in [3.05, 3.63) is 40.6 Å². The van der Waals surface area contributed by atoms with E-state index in [2.05, 4.69) is 32.2 Å². The first-order chi connectivity index (χ1) is 11.0.